The van der Waals surface area contributed by atoms with Gasteiger partial charge < -0.3 is 8.98 Å². The van der Waals surface area contributed by atoms with E-state index in [0.717, 1.165) is 59.0 Å². The van der Waals surface area contributed by atoms with Crippen molar-refractivity contribution in [2.75, 3.05) is 0 Å². The highest BCUT2D eigenvalue weighted by Gasteiger charge is 2.19. The van der Waals surface area contributed by atoms with Crippen LogP contribution in [0.4, 0.5) is 0 Å². The van der Waals surface area contributed by atoms with E-state index in [4.69, 9.17) is 19.4 Å². The van der Waals surface area contributed by atoms with Gasteiger partial charge in [0.2, 0.25) is 0 Å². The molecule has 240 valence electrons. The molecule has 0 radical (unpaired) electrons. The number of aromatic nitrogens is 4. The zero-order chi connectivity index (χ0) is 33.9. The van der Waals surface area contributed by atoms with E-state index in [2.05, 4.69) is 148 Å². The Labute approximate surface area is 307 Å². The van der Waals surface area contributed by atoms with Crippen molar-refractivity contribution in [2.24, 2.45) is 0 Å². The van der Waals surface area contributed by atoms with Gasteiger partial charge in [0.25, 0.3) is 0 Å². The van der Waals surface area contributed by atoms with Crippen molar-refractivity contribution in [3.05, 3.63) is 167 Å². The Morgan fingerprint density at radius 3 is 1.82 bits per heavy atom. The van der Waals surface area contributed by atoms with Crippen LogP contribution in [0.2, 0.25) is 0 Å². The number of hydrogen-bond donors (Lipinski definition) is 0. The minimum absolute atomic E-state index is 0.603. The van der Waals surface area contributed by atoms with E-state index in [1.54, 1.807) is 0 Å². The van der Waals surface area contributed by atoms with E-state index in [9.17, 15) is 0 Å². The molecule has 5 nitrogen and oxygen atoms in total. The van der Waals surface area contributed by atoms with Gasteiger partial charge in [-0.1, -0.05) is 103 Å². The molecule has 0 unspecified atom stereocenters. The van der Waals surface area contributed by atoms with Gasteiger partial charge in [-0.25, -0.2) is 15.0 Å². The van der Waals surface area contributed by atoms with Gasteiger partial charge in [0.15, 0.2) is 17.5 Å². The summed E-state index contributed by atoms with van der Waals surface area (Å²) in [7, 11) is 0. The summed E-state index contributed by atoms with van der Waals surface area (Å²) in [6, 6.07) is 56.9. The van der Waals surface area contributed by atoms with Crippen LogP contribution in [0.3, 0.4) is 0 Å². The predicted octanol–water partition coefficient (Wildman–Crippen LogP) is 12.1. The lowest BCUT2D eigenvalue weighted by Crippen LogP contribution is -2.00. The van der Waals surface area contributed by atoms with Gasteiger partial charge in [0.05, 0.1) is 11.0 Å². The maximum atomic E-state index is 6.45. The van der Waals surface area contributed by atoms with Gasteiger partial charge in [-0.2, -0.15) is 0 Å². The molecule has 6 heteroatoms. The molecule has 0 atom stereocenters. The SMILES string of the molecule is Ic1ccc(-c2nc(-c3ccccc3)nc(-c3cccc4oc5ccc(-c6ccc7c(c6)c6ccccc6n7-c6ccccc6)cc5c34)n2)cc1. The molecular weight excluding hydrogens is 739 g/mol. The van der Waals surface area contributed by atoms with Crippen molar-refractivity contribution in [2.45, 2.75) is 0 Å². The average molecular weight is 767 g/mol. The largest absolute Gasteiger partial charge is 0.456 e. The fraction of sp³-hybridized carbons (Fsp3) is 0. The Hall–Kier alpha value is -6.12. The summed E-state index contributed by atoms with van der Waals surface area (Å²) in [5.74, 6) is 1.86. The molecule has 0 saturated carbocycles. The van der Waals surface area contributed by atoms with Crippen molar-refractivity contribution >= 4 is 66.3 Å². The van der Waals surface area contributed by atoms with Crippen LogP contribution in [0.5, 0.6) is 0 Å². The molecule has 0 fully saturated rings. The predicted molar refractivity (Wildman–Crippen MR) is 216 cm³/mol. The van der Waals surface area contributed by atoms with E-state index < -0.39 is 0 Å². The number of para-hydroxylation sites is 2. The topological polar surface area (TPSA) is 56.7 Å². The maximum absolute atomic E-state index is 6.45. The highest BCUT2D eigenvalue weighted by molar-refractivity contribution is 14.1. The molecule has 10 rings (SSSR count). The van der Waals surface area contributed by atoms with Gasteiger partial charge in [-0.05, 0) is 94.4 Å². The van der Waals surface area contributed by atoms with Gasteiger partial charge >= 0.3 is 0 Å². The van der Waals surface area contributed by atoms with Crippen molar-refractivity contribution < 1.29 is 4.42 Å². The molecule has 0 N–H and O–H groups in total. The number of nitrogens with zero attached hydrogens (tertiary/aromatic N) is 4. The van der Waals surface area contributed by atoms with Crippen LogP contribution in [-0.2, 0) is 0 Å². The zero-order valence-electron chi connectivity index (χ0n) is 27.2. The van der Waals surface area contributed by atoms with Crippen LogP contribution in [0, 0.1) is 3.57 Å². The highest BCUT2D eigenvalue weighted by Crippen LogP contribution is 2.40. The minimum Gasteiger partial charge on any atom is -0.456 e. The molecule has 0 aliphatic heterocycles. The maximum Gasteiger partial charge on any atom is 0.164 e. The second kappa shape index (κ2) is 12.0. The third-order valence-corrected chi connectivity index (χ3v) is 10.2. The van der Waals surface area contributed by atoms with Crippen molar-refractivity contribution in [1.29, 1.82) is 0 Å². The highest BCUT2D eigenvalue weighted by atomic mass is 127. The minimum atomic E-state index is 0.603. The summed E-state index contributed by atoms with van der Waals surface area (Å²) < 4.78 is 9.95. The molecular formula is C45H27IN4O. The number of halogens is 1. The molecule has 10 aromatic rings. The summed E-state index contributed by atoms with van der Waals surface area (Å²) in [6.07, 6.45) is 0. The smallest absolute Gasteiger partial charge is 0.164 e. The summed E-state index contributed by atoms with van der Waals surface area (Å²) >= 11 is 2.32. The van der Waals surface area contributed by atoms with E-state index in [-0.39, 0.29) is 0 Å². The summed E-state index contributed by atoms with van der Waals surface area (Å²) in [5.41, 5.74) is 10.1. The van der Waals surface area contributed by atoms with Gasteiger partial charge in [-0.3, -0.25) is 0 Å². The third-order valence-electron chi connectivity index (χ3n) is 9.53. The lowest BCUT2D eigenvalue weighted by Gasteiger charge is -2.09. The van der Waals surface area contributed by atoms with E-state index in [1.807, 2.05) is 42.5 Å². The fourth-order valence-corrected chi connectivity index (χ4v) is 7.50. The molecule has 0 aliphatic rings. The number of benzene rings is 7. The summed E-state index contributed by atoms with van der Waals surface area (Å²) in [6.45, 7) is 0. The Bertz CT molecular complexity index is 2910. The van der Waals surface area contributed by atoms with Crippen molar-refractivity contribution in [3.63, 3.8) is 0 Å². The quantitative estimate of drug-likeness (QED) is 0.164. The first kappa shape index (κ1) is 29.8. The number of furan rings is 1. The first-order valence-corrected chi connectivity index (χ1v) is 17.9. The number of fused-ring (bicyclic) bond motifs is 6. The van der Waals surface area contributed by atoms with Crippen LogP contribution >= 0.6 is 22.6 Å². The molecule has 0 aliphatic carbocycles. The Kier molecular flexibility index (Phi) is 7.02. The first-order valence-electron chi connectivity index (χ1n) is 16.8. The van der Waals surface area contributed by atoms with Crippen LogP contribution in [0.1, 0.15) is 0 Å². The Morgan fingerprint density at radius 1 is 0.431 bits per heavy atom. The molecule has 0 amide bonds. The van der Waals surface area contributed by atoms with Gasteiger partial charge in [0.1, 0.15) is 11.2 Å². The average Bonchev–Trinajstić information content (AvgIpc) is 3.74. The third kappa shape index (κ3) is 5.10. The Morgan fingerprint density at radius 2 is 1.04 bits per heavy atom. The van der Waals surface area contributed by atoms with E-state index in [0.29, 0.717) is 17.5 Å². The second-order valence-corrected chi connectivity index (χ2v) is 13.8. The molecule has 0 spiro atoms. The summed E-state index contributed by atoms with van der Waals surface area (Å²) in [5, 5.41) is 4.44. The van der Waals surface area contributed by atoms with Crippen molar-refractivity contribution in [3.8, 4) is 51.0 Å². The first-order chi connectivity index (χ1) is 25.2. The van der Waals surface area contributed by atoms with Crippen LogP contribution in [0.25, 0.3) is 94.7 Å². The molecule has 3 heterocycles. The van der Waals surface area contributed by atoms with Gasteiger partial charge in [0, 0.05) is 47.5 Å². The molecule has 51 heavy (non-hydrogen) atoms. The number of hydrogen-bond acceptors (Lipinski definition) is 4. The van der Waals surface area contributed by atoms with Crippen molar-refractivity contribution in [1.82, 2.24) is 19.5 Å². The standard InChI is InChI=1S/C45H27IN4O/c46-32-22-18-29(19-23-32)44-47-43(28-10-3-1-4-11-28)48-45(49-44)35-15-9-17-41-42(35)37-27-31(21-25-40(37)51-41)30-20-24-39-36(26-30)34-14-7-8-16-38(34)50(39)33-12-5-2-6-13-33/h1-27H. The summed E-state index contributed by atoms with van der Waals surface area (Å²) in [4.78, 5) is 15.1. The monoisotopic (exact) mass is 766 g/mol. The van der Waals surface area contributed by atoms with Crippen LogP contribution < -0.4 is 0 Å². The van der Waals surface area contributed by atoms with Crippen LogP contribution in [0.15, 0.2) is 168 Å². The van der Waals surface area contributed by atoms with E-state index in [1.165, 1.54) is 21.8 Å². The fourth-order valence-electron chi connectivity index (χ4n) is 7.14. The lowest BCUT2D eigenvalue weighted by atomic mass is 9.99. The van der Waals surface area contributed by atoms with Crippen LogP contribution in [-0.4, -0.2) is 19.5 Å². The molecule has 7 aromatic carbocycles. The lowest BCUT2D eigenvalue weighted by molar-refractivity contribution is 0.669. The zero-order valence-corrected chi connectivity index (χ0v) is 29.3. The van der Waals surface area contributed by atoms with Gasteiger partial charge in [-0.15, -0.1) is 0 Å². The number of rotatable bonds is 5. The Balaban J connectivity index is 1.16. The molecule has 3 aromatic heterocycles. The second-order valence-electron chi connectivity index (χ2n) is 12.6. The van der Waals surface area contributed by atoms with E-state index >= 15 is 0 Å². The molecule has 0 saturated heterocycles. The molecule has 0 bridgehead atoms. The normalized spacial score (nSPS) is 11.6.